The summed E-state index contributed by atoms with van der Waals surface area (Å²) in [4.78, 5) is 26.7. The molecule has 1 fully saturated rings. The van der Waals surface area contributed by atoms with Crippen molar-refractivity contribution < 1.29 is 9.59 Å². The summed E-state index contributed by atoms with van der Waals surface area (Å²) in [6.45, 7) is 7.53. The van der Waals surface area contributed by atoms with E-state index in [4.69, 9.17) is 0 Å². The summed E-state index contributed by atoms with van der Waals surface area (Å²) < 4.78 is 1.90. The van der Waals surface area contributed by atoms with Crippen LogP contribution in [0.15, 0.2) is 36.5 Å². The van der Waals surface area contributed by atoms with E-state index in [2.05, 4.69) is 16.5 Å². The smallest absolute Gasteiger partial charge is 0.226 e. The molecule has 150 valence electrons. The van der Waals surface area contributed by atoms with E-state index < -0.39 is 0 Å². The molecule has 0 aliphatic carbocycles. The van der Waals surface area contributed by atoms with Crippen LogP contribution in [0.5, 0.6) is 0 Å². The first kappa shape index (κ1) is 20.1. The van der Waals surface area contributed by atoms with Gasteiger partial charge in [-0.15, -0.1) is 0 Å². The zero-order valence-corrected chi connectivity index (χ0v) is 17.0. The summed E-state index contributed by atoms with van der Waals surface area (Å²) in [5.41, 5.74) is 2.24. The quantitative estimate of drug-likeness (QED) is 0.830. The summed E-state index contributed by atoms with van der Waals surface area (Å²) in [6, 6.07) is 10.2. The minimum atomic E-state index is 0.0162. The molecular formula is C22H30N4O2. The third-order valence-corrected chi connectivity index (χ3v) is 5.13. The highest BCUT2D eigenvalue weighted by Crippen LogP contribution is 2.26. The fourth-order valence-corrected chi connectivity index (χ4v) is 3.74. The predicted molar refractivity (Wildman–Crippen MR) is 110 cm³/mol. The van der Waals surface area contributed by atoms with Gasteiger partial charge in [-0.25, -0.2) is 4.68 Å². The van der Waals surface area contributed by atoms with Gasteiger partial charge in [0.2, 0.25) is 11.8 Å². The van der Waals surface area contributed by atoms with Crippen molar-refractivity contribution in [2.45, 2.75) is 52.5 Å². The lowest BCUT2D eigenvalue weighted by molar-refractivity contribution is -0.131. The number of amides is 2. The zero-order chi connectivity index (χ0) is 20.1. The molecule has 28 heavy (non-hydrogen) atoms. The molecule has 0 unspecified atom stereocenters. The maximum absolute atomic E-state index is 12.6. The fraction of sp³-hybridized carbons (Fsp3) is 0.500. The molecule has 1 aromatic carbocycles. The Morgan fingerprint density at radius 1 is 1.21 bits per heavy atom. The number of nitrogens with zero attached hydrogens (tertiary/aromatic N) is 3. The van der Waals surface area contributed by atoms with E-state index in [0.717, 1.165) is 24.2 Å². The second kappa shape index (κ2) is 9.04. The van der Waals surface area contributed by atoms with Gasteiger partial charge in [0, 0.05) is 25.6 Å². The molecule has 1 aromatic heterocycles. The van der Waals surface area contributed by atoms with Crippen molar-refractivity contribution in [3.63, 3.8) is 0 Å². The fourth-order valence-electron chi connectivity index (χ4n) is 3.74. The monoisotopic (exact) mass is 382 g/mol. The largest absolute Gasteiger partial charge is 0.342 e. The van der Waals surface area contributed by atoms with Gasteiger partial charge in [-0.3, -0.25) is 9.59 Å². The second-order valence-corrected chi connectivity index (χ2v) is 8.08. The summed E-state index contributed by atoms with van der Waals surface area (Å²) in [7, 11) is 0. The van der Waals surface area contributed by atoms with Gasteiger partial charge >= 0.3 is 0 Å². The average molecular weight is 383 g/mol. The Kier molecular flexibility index (Phi) is 6.49. The highest BCUT2D eigenvalue weighted by Gasteiger charge is 2.25. The summed E-state index contributed by atoms with van der Waals surface area (Å²) in [5, 5.41) is 7.39. The van der Waals surface area contributed by atoms with Crippen LogP contribution >= 0.6 is 0 Å². The maximum atomic E-state index is 12.6. The number of carbonyl (C=O) groups excluding carboxylic acids is 2. The first-order valence-electron chi connectivity index (χ1n) is 10.1. The predicted octanol–water partition coefficient (Wildman–Crippen LogP) is 3.58. The Balaban J connectivity index is 1.55. The number of rotatable bonds is 6. The number of hydrogen-bond acceptors (Lipinski definition) is 3. The zero-order valence-electron chi connectivity index (χ0n) is 17.0. The number of piperidine rings is 1. The summed E-state index contributed by atoms with van der Waals surface area (Å²) >= 11 is 0. The number of aryl methyl sites for hydroxylation is 1. The van der Waals surface area contributed by atoms with Crippen molar-refractivity contribution in [3.8, 4) is 0 Å². The van der Waals surface area contributed by atoms with Gasteiger partial charge in [0.15, 0.2) is 0 Å². The molecule has 0 spiro atoms. The van der Waals surface area contributed by atoms with Crippen molar-refractivity contribution in [1.82, 2.24) is 14.7 Å². The lowest BCUT2D eigenvalue weighted by Gasteiger charge is -2.33. The number of likely N-dealkylation sites (tertiary alicyclic amines) is 1. The first-order chi connectivity index (χ1) is 13.4. The highest BCUT2D eigenvalue weighted by molar-refractivity contribution is 5.89. The maximum Gasteiger partial charge on any atom is 0.226 e. The van der Waals surface area contributed by atoms with Gasteiger partial charge in [-0.05, 0) is 31.2 Å². The Labute approximate surface area is 166 Å². The lowest BCUT2D eigenvalue weighted by atomic mass is 10.0. The molecule has 6 nitrogen and oxygen atoms in total. The van der Waals surface area contributed by atoms with E-state index in [0.29, 0.717) is 31.8 Å². The Hall–Kier alpha value is -2.63. The molecule has 0 bridgehead atoms. The molecule has 3 rings (SSSR count). The van der Waals surface area contributed by atoms with Crippen LogP contribution in [-0.2, 0) is 16.0 Å². The molecular weight excluding hydrogens is 352 g/mol. The number of benzene rings is 1. The summed E-state index contributed by atoms with van der Waals surface area (Å²) in [5.74, 6) is 1.26. The van der Waals surface area contributed by atoms with Crippen LogP contribution in [0, 0.1) is 12.8 Å². The van der Waals surface area contributed by atoms with E-state index in [1.165, 1.54) is 5.56 Å². The van der Waals surface area contributed by atoms with Crippen molar-refractivity contribution in [3.05, 3.63) is 47.7 Å². The summed E-state index contributed by atoms with van der Waals surface area (Å²) in [6.07, 6.45) is 4.35. The van der Waals surface area contributed by atoms with Gasteiger partial charge in [0.05, 0.1) is 18.7 Å². The van der Waals surface area contributed by atoms with Crippen LogP contribution in [0.3, 0.4) is 0 Å². The first-order valence-corrected chi connectivity index (χ1v) is 10.1. The molecule has 1 N–H and O–H groups in total. The van der Waals surface area contributed by atoms with Crippen LogP contribution in [0.1, 0.15) is 50.3 Å². The molecule has 1 saturated heterocycles. The number of anilines is 1. The van der Waals surface area contributed by atoms with Crippen molar-refractivity contribution in [2.24, 2.45) is 5.92 Å². The van der Waals surface area contributed by atoms with Crippen molar-refractivity contribution in [1.29, 1.82) is 0 Å². The molecule has 2 heterocycles. The molecule has 0 atom stereocenters. The van der Waals surface area contributed by atoms with Gasteiger partial charge in [-0.2, -0.15) is 5.10 Å². The third-order valence-electron chi connectivity index (χ3n) is 5.13. The van der Waals surface area contributed by atoms with Crippen LogP contribution < -0.4 is 5.32 Å². The van der Waals surface area contributed by atoms with Crippen molar-refractivity contribution in [2.75, 3.05) is 18.4 Å². The van der Waals surface area contributed by atoms with E-state index in [1.807, 2.05) is 54.6 Å². The number of hydrogen-bond donors (Lipinski definition) is 1. The molecule has 2 amide bonds. The van der Waals surface area contributed by atoms with E-state index in [9.17, 15) is 9.59 Å². The van der Waals surface area contributed by atoms with Crippen LogP contribution in [0.4, 0.5) is 5.82 Å². The van der Waals surface area contributed by atoms with E-state index in [1.54, 1.807) is 6.20 Å². The van der Waals surface area contributed by atoms with Gasteiger partial charge in [0.25, 0.3) is 0 Å². The molecule has 6 heteroatoms. The Morgan fingerprint density at radius 3 is 2.64 bits per heavy atom. The number of carbonyl (C=O) groups is 2. The highest BCUT2D eigenvalue weighted by atomic mass is 16.2. The van der Waals surface area contributed by atoms with Crippen LogP contribution in [-0.4, -0.2) is 39.6 Å². The Bertz CT molecular complexity index is 819. The second-order valence-electron chi connectivity index (χ2n) is 8.08. The number of aromatic nitrogens is 2. The third kappa shape index (κ3) is 5.21. The Morgan fingerprint density at radius 2 is 1.96 bits per heavy atom. The number of nitrogens with one attached hydrogen (secondary N) is 1. The SMILES string of the molecule is Cc1cccc(CC(=O)N2CCC(n3nccc3NC(=O)CC(C)C)CC2)c1. The van der Waals surface area contributed by atoms with Gasteiger partial charge in [-0.1, -0.05) is 43.7 Å². The van der Waals surface area contributed by atoms with Crippen molar-refractivity contribution >= 4 is 17.6 Å². The average Bonchev–Trinajstić information content (AvgIpc) is 3.09. The van der Waals surface area contributed by atoms with E-state index in [-0.39, 0.29) is 17.9 Å². The minimum Gasteiger partial charge on any atom is -0.342 e. The molecule has 0 saturated carbocycles. The van der Waals surface area contributed by atoms with E-state index >= 15 is 0 Å². The van der Waals surface area contributed by atoms with Gasteiger partial charge < -0.3 is 10.2 Å². The normalized spacial score (nSPS) is 15.1. The van der Waals surface area contributed by atoms with Crippen LogP contribution in [0.25, 0.3) is 0 Å². The molecule has 1 aliphatic heterocycles. The standard InChI is InChI=1S/C22H30N4O2/c1-16(2)13-21(27)24-20-7-10-23-26(20)19-8-11-25(12-9-19)22(28)15-18-6-4-5-17(3)14-18/h4-7,10,14,16,19H,8-9,11-13,15H2,1-3H3,(H,24,27). The minimum absolute atomic E-state index is 0.0162. The molecule has 2 aromatic rings. The van der Waals surface area contributed by atoms with Crippen LogP contribution in [0.2, 0.25) is 0 Å². The molecule has 0 radical (unpaired) electrons. The lowest BCUT2D eigenvalue weighted by Crippen LogP contribution is -2.40. The van der Waals surface area contributed by atoms with Gasteiger partial charge in [0.1, 0.15) is 5.82 Å². The molecule has 1 aliphatic rings. The topological polar surface area (TPSA) is 67.2 Å².